The van der Waals surface area contributed by atoms with Crippen LogP contribution in [0.25, 0.3) is 0 Å². The molecule has 0 radical (unpaired) electrons. The van der Waals surface area contributed by atoms with Crippen LogP contribution >= 0.6 is 11.6 Å². The Morgan fingerprint density at radius 1 is 1.07 bits per heavy atom. The molecule has 0 bridgehead atoms. The summed E-state index contributed by atoms with van der Waals surface area (Å²) < 4.78 is 10.3. The number of amides is 2. The quantitative estimate of drug-likeness (QED) is 0.644. The second-order valence-electron chi connectivity index (χ2n) is 5.98. The van der Waals surface area contributed by atoms with Crippen molar-refractivity contribution in [3.63, 3.8) is 0 Å². The number of hydrogen-bond donors (Lipinski definition) is 2. The van der Waals surface area contributed by atoms with Crippen molar-refractivity contribution in [2.45, 2.75) is 20.1 Å². The molecular formula is C20H18ClN3O4. The number of aryl methyl sites for hydroxylation is 1. The van der Waals surface area contributed by atoms with Gasteiger partial charge in [0.25, 0.3) is 5.89 Å². The number of oxazole rings is 1. The molecule has 2 aromatic carbocycles. The van der Waals surface area contributed by atoms with Gasteiger partial charge in [-0.1, -0.05) is 35.9 Å². The van der Waals surface area contributed by atoms with Crippen molar-refractivity contribution in [3.8, 4) is 0 Å². The number of nitrogens with one attached hydrogen (secondary N) is 2. The summed E-state index contributed by atoms with van der Waals surface area (Å²) in [7, 11) is 0. The number of aromatic nitrogens is 1. The Kier molecular flexibility index (Phi) is 6.29. The van der Waals surface area contributed by atoms with Crippen LogP contribution in [0, 0.1) is 6.92 Å². The van der Waals surface area contributed by atoms with E-state index in [1.54, 1.807) is 55.5 Å². The monoisotopic (exact) mass is 399 g/mol. The molecule has 0 fully saturated rings. The largest absolute Gasteiger partial charge is 0.444 e. The lowest BCUT2D eigenvalue weighted by molar-refractivity contribution is 0.0915. The van der Waals surface area contributed by atoms with Gasteiger partial charge in [-0.05, 0) is 42.3 Å². The fourth-order valence-corrected chi connectivity index (χ4v) is 2.43. The van der Waals surface area contributed by atoms with E-state index in [-0.39, 0.29) is 18.4 Å². The molecule has 7 nitrogen and oxygen atoms in total. The van der Waals surface area contributed by atoms with Gasteiger partial charge < -0.3 is 14.5 Å². The van der Waals surface area contributed by atoms with Crippen LogP contribution in [0.4, 0.5) is 10.5 Å². The minimum Gasteiger partial charge on any atom is -0.444 e. The zero-order valence-electron chi connectivity index (χ0n) is 15.1. The maximum absolute atomic E-state index is 11.9. The van der Waals surface area contributed by atoms with Crippen molar-refractivity contribution in [1.82, 2.24) is 10.3 Å². The Bertz CT molecular complexity index is 952. The lowest BCUT2D eigenvalue weighted by Crippen LogP contribution is -2.23. The highest BCUT2D eigenvalue weighted by Gasteiger charge is 2.11. The van der Waals surface area contributed by atoms with Gasteiger partial charge in [0.2, 0.25) is 0 Å². The van der Waals surface area contributed by atoms with Gasteiger partial charge in [-0.15, -0.1) is 0 Å². The maximum atomic E-state index is 11.9. The van der Waals surface area contributed by atoms with Gasteiger partial charge in [0, 0.05) is 17.3 Å². The third-order valence-corrected chi connectivity index (χ3v) is 4.00. The number of hydrogen-bond acceptors (Lipinski definition) is 5. The first-order chi connectivity index (χ1) is 13.5. The molecule has 0 aliphatic rings. The molecule has 0 spiro atoms. The van der Waals surface area contributed by atoms with E-state index in [2.05, 4.69) is 15.6 Å². The maximum Gasteiger partial charge on any atom is 0.411 e. The molecule has 3 rings (SSSR count). The fraction of sp³-hybridized carbons (Fsp3) is 0.150. The van der Waals surface area contributed by atoms with E-state index in [4.69, 9.17) is 20.8 Å². The molecule has 0 aliphatic carbocycles. The number of anilines is 1. The van der Waals surface area contributed by atoms with Gasteiger partial charge in [0.1, 0.15) is 12.4 Å². The Morgan fingerprint density at radius 2 is 1.75 bits per heavy atom. The van der Waals surface area contributed by atoms with E-state index in [0.717, 1.165) is 11.1 Å². The van der Waals surface area contributed by atoms with Crippen LogP contribution in [0.15, 0.2) is 59.1 Å². The Hall–Kier alpha value is -3.32. The zero-order chi connectivity index (χ0) is 19.9. The van der Waals surface area contributed by atoms with Crippen molar-refractivity contribution in [3.05, 3.63) is 82.5 Å². The fourth-order valence-electron chi connectivity index (χ4n) is 2.31. The summed E-state index contributed by atoms with van der Waals surface area (Å²) in [6.45, 7) is 2.17. The minimum absolute atomic E-state index is 0.0271. The Balaban J connectivity index is 1.45. The predicted molar refractivity (Wildman–Crippen MR) is 104 cm³/mol. The summed E-state index contributed by atoms with van der Waals surface area (Å²) in [5.41, 5.74) is 2.28. The number of halogens is 1. The topological polar surface area (TPSA) is 93.5 Å². The van der Waals surface area contributed by atoms with Gasteiger partial charge in [-0.25, -0.2) is 9.78 Å². The molecule has 0 saturated carbocycles. The summed E-state index contributed by atoms with van der Waals surface area (Å²) in [5, 5.41) is 5.98. The highest BCUT2D eigenvalue weighted by molar-refractivity contribution is 6.30. The Labute approximate surface area is 166 Å². The predicted octanol–water partition coefficient (Wildman–Crippen LogP) is 4.32. The second kappa shape index (κ2) is 9.05. The van der Waals surface area contributed by atoms with E-state index < -0.39 is 6.09 Å². The second-order valence-corrected chi connectivity index (χ2v) is 6.42. The average molecular weight is 400 g/mol. The zero-order valence-corrected chi connectivity index (χ0v) is 15.8. The molecule has 0 unspecified atom stereocenters. The van der Waals surface area contributed by atoms with E-state index >= 15 is 0 Å². The molecule has 8 heteroatoms. The van der Waals surface area contributed by atoms with E-state index in [0.29, 0.717) is 23.0 Å². The van der Waals surface area contributed by atoms with Crippen LogP contribution in [0.5, 0.6) is 0 Å². The van der Waals surface area contributed by atoms with Gasteiger partial charge >= 0.3 is 12.0 Å². The number of benzene rings is 2. The van der Waals surface area contributed by atoms with Gasteiger partial charge in [-0.3, -0.25) is 10.1 Å². The number of ether oxygens (including phenoxy) is 1. The third kappa shape index (κ3) is 5.59. The summed E-state index contributed by atoms with van der Waals surface area (Å²) in [6, 6.07) is 14.1. The van der Waals surface area contributed by atoms with Crippen LogP contribution in [0.1, 0.15) is 27.6 Å². The molecule has 0 atom stereocenters. The molecule has 1 aromatic heterocycles. The molecule has 1 heterocycles. The lowest BCUT2D eigenvalue weighted by Gasteiger charge is -2.08. The first-order valence-corrected chi connectivity index (χ1v) is 8.85. The number of carbonyl (C=O) groups is 2. The molecule has 0 saturated heterocycles. The van der Waals surface area contributed by atoms with Crippen LogP contribution in [0.2, 0.25) is 5.02 Å². The van der Waals surface area contributed by atoms with Crippen molar-refractivity contribution < 1.29 is 18.7 Å². The van der Waals surface area contributed by atoms with Crippen LogP contribution in [-0.2, 0) is 17.9 Å². The van der Waals surface area contributed by atoms with Gasteiger partial charge in [0.15, 0.2) is 0 Å². The van der Waals surface area contributed by atoms with Crippen molar-refractivity contribution >= 4 is 29.3 Å². The summed E-state index contributed by atoms with van der Waals surface area (Å²) in [5.74, 6) is 0.212. The third-order valence-electron chi connectivity index (χ3n) is 3.75. The van der Waals surface area contributed by atoms with E-state index in [9.17, 15) is 9.59 Å². The summed E-state index contributed by atoms with van der Waals surface area (Å²) in [4.78, 5) is 27.7. The van der Waals surface area contributed by atoms with Crippen molar-refractivity contribution in [2.24, 2.45) is 0 Å². The highest BCUT2D eigenvalue weighted by atomic mass is 35.5. The highest BCUT2D eigenvalue weighted by Crippen LogP contribution is 2.13. The first kappa shape index (κ1) is 19.4. The normalized spacial score (nSPS) is 10.4. The van der Waals surface area contributed by atoms with Crippen molar-refractivity contribution in [2.75, 3.05) is 5.32 Å². The standard InChI is InChI=1S/C20H18ClN3O4/c1-13-10-23-19(28-13)18(25)22-11-14-4-8-17(9-5-14)24-20(26)27-12-15-2-6-16(21)7-3-15/h2-10H,11-12H2,1H3,(H,22,25)(H,24,26). The number of rotatable bonds is 6. The molecule has 3 aromatic rings. The van der Waals surface area contributed by atoms with Crippen LogP contribution in [0.3, 0.4) is 0 Å². The van der Waals surface area contributed by atoms with Gasteiger partial charge in [-0.2, -0.15) is 0 Å². The van der Waals surface area contributed by atoms with E-state index in [1.165, 1.54) is 6.20 Å². The number of carbonyl (C=O) groups excluding carboxylic acids is 2. The van der Waals surface area contributed by atoms with Crippen LogP contribution < -0.4 is 10.6 Å². The number of nitrogens with zero attached hydrogens (tertiary/aromatic N) is 1. The molecule has 2 amide bonds. The van der Waals surface area contributed by atoms with E-state index in [1.807, 2.05) is 0 Å². The average Bonchev–Trinajstić information content (AvgIpc) is 3.13. The molecule has 144 valence electrons. The first-order valence-electron chi connectivity index (χ1n) is 8.47. The molecule has 28 heavy (non-hydrogen) atoms. The van der Waals surface area contributed by atoms with Gasteiger partial charge in [0.05, 0.1) is 6.20 Å². The van der Waals surface area contributed by atoms with Crippen molar-refractivity contribution in [1.29, 1.82) is 0 Å². The van der Waals surface area contributed by atoms with Crippen LogP contribution in [-0.4, -0.2) is 17.0 Å². The minimum atomic E-state index is -0.560. The summed E-state index contributed by atoms with van der Waals surface area (Å²) in [6.07, 6.45) is 0.928. The molecule has 2 N–H and O–H groups in total. The SMILES string of the molecule is Cc1cnc(C(=O)NCc2ccc(NC(=O)OCc3ccc(Cl)cc3)cc2)o1. The Morgan fingerprint density at radius 3 is 2.39 bits per heavy atom. The smallest absolute Gasteiger partial charge is 0.411 e. The summed E-state index contributed by atoms with van der Waals surface area (Å²) >= 11 is 5.82. The lowest BCUT2D eigenvalue weighted by atomic mass is 10.2. The molecule has 0 aliphatic heterocycles. The molecular weight excluding hydrogens is 382 g/mol.